The lowest BCUT2D eigenvalue weighted by Crippen LogP contribution is -2.45. The van der Waals surface area contributed by atoms with Crippen LogP contribution in [0.5, 0.6) is 0 Å². The first-order chi connectivity index (χ1) is 6.10. The Kier molecular flexibility index (Phi) is 3.91. The number of hydrogen-bond donors (Lipinski definition) is 0. The Morgan fingerprint density at radius 3 is 2.54 bits per heavy atom. The van der Waals surface area contributed by atoms with Gasteiger partial charge in [0.05, 0.1) is 18.9 Å². The maximum atomic E-state index is 5.78. The van der Waals surface area contributed by atoms with Gasteiger partial charge in [-0.25, -0.2) is 0 Å². The van der Waals surface area contributed by atoms with Crippen molar-refractivity contribution in [2.75, 3.05) is 20.3 Å². The first-order valence-electron chi connectivity index (χ1n) is 4.88. The lowest BCUT2D eigenvalue weighted by molar-refractivity contribution is 0.0711. The molecule has 2 unspecified atom stereocenters. The highest BCUT2D eigenvalue weighted by Gasteiger charge is 2.34. The molecule has 1 fully saturated rings. The van der Waals surface area contributed by atoms with E-state index in [1.54, 1.807) is 7.11 Å². The minimum atomic E-state index is -1.62. The molecule has 3 nitrogen and oxygen atoms in total. The molecule has 0 bridgehead atoms. The zero-order valence-corrected chi connectivity index (χ0v) is 10.0. The van der Waals surface area contributed by atoms with Crippen LogP contribution in [0.4, 0.5) is 0 Å². The Hall–Kier alpha value is 0.0969. The van der Waals surface area contributed by atoms with Gasteiger partial charge in [-0.15, -0.1) is 0 Å². The molecule has 1 aliphatic rings. The zero-order chi connectivity index (χ0) is 9.90. The molecular formula is C9H20O3Si. The van der Waals surface area contributed by atoms with Gasteiger partial charge in [0.15, 0.2) is 0 Å². The van der Waals surface area contributed by atoms with E-state index in [1.165, 1.54) is 0 Å². The van der Waals surface area contributed by atoms with Gasteiger partial charge < -0.3 is 13.9 Å². The fourth-order valence-corrected chi connectivity index (χ4v) is 3.07. The van der Waals surface area contributed by atoms with Crippen molar-refractivity contribution in [3.63, 3.8) is 0 Å². The molecule has 1 heterocycles. The Balaban J connectivity index is 2.30. The minimum absolute atomic E-state index is 0.293. The SMILES string of the molecule is CCC(OCC1CO1)[Si](C)(C)OC. The fourth-order valence-electron chi connectivity index (χ4n) is 1.33. The van der Waals surface area contributed by atoms with Crippen LogP contribution in [0.3, 0.4) is 0 Å². The maximum Gasteiger partial charge on any atom is 0.214 e. The van der Waals surface area contributed by atoms with Crippen LogP contribution in [0.15, 0.2) is 0 Å². The minimum Gasteiger partial charge on any atom is -0.418 e. The molecule has 78 valence electrons. The summed E-state index contributed by atoms with van der Waals surface area (Å²) in [6, 6.07) is 0. The van der Waals surface area contributed by atoms with E-state index in [0.29, 0.717) is 11.8 Å². The van der Waals surface area contributed by atoms with E-state index < -0.39 is 8.32 Å². The second-order valence-corrected chi connectivity index (χ2v) is 8.25. The molecule has 0 amide bonds. The average Bonchev–Trinajstić information content (AvgIpc) is 2.89. The van der Waals surface area contributed by atoms with E-state index in [1.807, 2.05) is 0 Å². The number of epoxide rings is 1. The van der Waals surface area contributed by atoms with Crippen LogP contribution in [0.2, 0.25) is 13.1 Å². The van der Waals surface area contributed by atoms with Crippen molar-refractivity contribution in [3.8, 4) is 0 Å². The predicted octanol–water partition coefficient (Wildman–Crippen LogP) is 1.57. The van der Waals surface area contributed by atoms with Crippen molar-refractivity contribution < 1.29 is 13.9 Å². The molecule has 4 heteroatoms. The Morgan fingerprint density at radius 2 is 2.15 bits per heavy atom. The molecule has 0 aromatic heterocycles. The second kappa shape index (κ2) is 4.55. The Labute approximate surface area is 81.5 Å². The molecule has 1 aliphatic heterocycles. The summed E-state index contributed by atoms with van der Waals surface area (Å²) >= 11 is 0. The van der Waals surface area contributed by atoms with Crippen LogP contribution in [-0.2, 0) is 13.9 Å². The summed E-state index contributed by atoms with van der Waals surface area (Å²) < 4.78 is 16.4. The van der Waals surface area contributed by atoms with Gasteiger partial charge in [0.25, 0.3) is 0 Å². The van der Waals surface area contributed by atoms with Gasteiger partial charge in [-0.3, -0.25) is 0 Å². The van der Waals surface area contributed by atoms with Crippen molar-refractivity contribution in [3.05, 3.63) is 0 Å². The molecule has 1 rings (SSSR count). The topological polar surface area (TPSA) is 31.0 Å². The molecule has 2 atom stereocenters. The highest BCUT2D eigenvalue weighted by Crippen LogP contribution is 2.18. The highest BCUT2D eigenvalue weighted by atomic mass is 28.4. The first-order valence-corrected chi connectivity index (χ1v) is 7.87. The van der Waals surface area contributed by atoms with E-state index >= 15 is 0 Å². The van der Waals surface area contributed by atoms with Gasteiger partial charge in [-0.1, -0.05) is 6.92 Å². The lowest BCUT2D eigenvalue weighted by atomic mass is 10.5. The molecule has 0 radical (unpaired) electrons. The van der Waals surface area contributed by atoms with E-state index in [-0.39, 0.29) is 0 Å². The summed E-state index contributed by atoms with van der Waals surface area (Å²) in [5, 5.41) is 0. The number of ether oxygens (including phenoxy) is 2. The molecule has 0 aromatic carbocycles. The molecule has 0 N–H and O–H groups in total. The van der Waals surface area contributed by atoms with Gasteiger partial charge in [0.1, 0.15) is 6.10 Å². The standard InChI is InChI=1S/C9H20O3Si/c1-5-9(13(3,4)10-2)12-7-8-6-11-8/h8-9H,5-7H2,1-4H3. The van der Waals surface area contributed by atoms with Crippen LogP contribution >= 0.6 is 0 Å². The Morgan fingerprint density at radius 1 is 1.54 bits per heavy atom. The van der Waals surface area contributed by atoms with Crippen molar-refractivity contribution in [1.82, 2.24) is 0 Å². The molecule has 0 aromatic rings. The number of hydrogen-bond acceptors (Lipinski definition) is 3. The van der Waals surface area contributed by atoms with Crippen LogP contribution in [0.1, 0.15) is 13.3 Å². The van der Waals surface area contributed by atoms with Gasteiger partial charge in [-0.2, -0.15) is 0 Å². The zero-order valence-electron chi connectivity index (χ0n) is 9.00. The third-order valence-corrected chi connectivity index (χ3v) is 5.74. The van der Waals surface area contributed by atoms with Gasteiger partial charge in [-0.05, 0) is 19.5 Å². The van der Waals surface area contributed by atoms with E-state index in [2.05, 4.69) is 20.0 Å². The van der Waals surface area contributed by atoms with Gasteiger partial charge in [0, 0.05) is 7.11 Å². The van der Waals surface area contributed by atoms with Gasteiger partial charge >= 0.3 is 0 Å². The molecular weight excluding hydrogens is 184 g/mol. The molecule has 13 heavy (non-hydrogen) atoms. The monoisotopic (exact) mass is 204 g/mol. The smallest absolute Gasteiger partial charge is 0.214 e. The molecule has 0 aliphatic carbocycles. The summed E-state index contributed by atoms with van der Waals surface area (Å²) in [6.07, 6.45) is 1.38. The van der Waals surface area contributed by atoms with Crippen LogP contribution in [-0.4, -0.2) is 40.5 Å². The van der Waals surface area contributed by atoms with Crippen molar-refractivity contribution in [2.24, 2.45) is 0 Å². The van der Waals surface area contributed by atoms with Crippen molar-refractivity contribution in [1.29, 1.82) is 0 Å². The van der Waals surface area contributed by atoms with Gasteiger partial charge in [0.2, 0.25) is 8.32 Å². The average molecular weight is 204 g/mol. The van der Waals surface area contributed by atoms with Crippen molar-refractivity contribution in [2.45, 2.75) is 38.3 Å². The van der Waals surface area contributed by atoms with E-state index in [9.17, 15) is 0 Å². The lowest BCUT2D eigenvalue weighted by Gasteiger charge is -2.29. The summed E-state index contributed by atoms with van der Waals surface area (Å²) in [5.74, 6) is 0. The predicted molar refractivity (Wildman–Crippen MR) is 54.3 cm³/mol. The normalized spacial score (nSPS) is 24.5. The Bertz CT molecular complexity index is 157. The maximum absolute atomic E-state index is 5.78. The quantitative estimate of drug-likeness (QED) is 0.486. The highest BCUT2D eigenvalue weighted by molar-refractivity contribution is 6.72. The fraction of sp³-hybridized carbons (Fsp3) is 1.00. The third-order valence-electron chi connectivity index (χ3n) is 2.56. The summed E-state index contributed by atoms with van der Waals surface area (Å²) in [6.45, 7) is 8.12. The second-order valence-electron chi connectivity index (χ2n) is 3.99. The summed E-state index contributed by atoms with van der Waals surface area (Å²) in [7, 11) is 0.160. The third kappa shape index (κ3) is 3.38. The van der Waals surface area contributed by atoms with Crippen LogP contribution in [0.25, 0.3) is 0 Å². The van der Waals surface area contributed by atoms with Crippen LogP contribution < -0.4 is 0 Å². The summed E-state index contributed by atoms with van der Waals surface area (Å²) in [5.41, 5.74) is 0.293. The van der Waals surface area contributed by atoms with E-state index in [0.717, 1.165) is 19.6 Å². The van der Waals surface area contributed by atoms with Crippen LogP contribution in [0, 0.1) is 0 Å². The molecule has 0 spiro atoms. The molecule has 0 saturated carbocycles. The largest absolute Gasteiger partial charge is 0.418 e. The summed E-state index contributed by atoms with van der Waals surface area (Å²) in [4.78, 5) is 0. The first kappa shape index (κ1) is 11.2. The molecule has 1 saturated heterocycles. The van der Waals surface area contributed by atoms with E-state index in [4.69, 9.17) is 13.9 Å². The number of rotatable bonds is 6. The van der Waals surface area contributed by atoms with Crippen molar-refractivity contribution >= 4 is 8.32 Å².